The van der Waals surface area contributed by atoms with Crippen LogP contribution in [0.2, 0.25) is 0 Å². The molecule has 1 aromatic heterocycles. The molecule has 1 amide bonds. The van der Waals surface area contributed by atoms with Crippen molar-refractivity contribution < 1.29 is 19.1 Å². The number of methoxy groups -OCH3 is 1. The molecule has 0 atom stereocenters. The molecule has 0 saturated heterocycles. The van der Waals surface area contributed by atoms with E-state index in [-0.39, 0.29) is 5.91 Å². The van der Waals surface area contributed by atoms with Crippen molar-refractivity contribution >= 4 is 17.6 Å². The van der Waals surface area contributed by atoms with Gasteiger partial charge in [0.25, 0.3) is 5.91 Å². The fourth-order valence-electron chi connectivity index (χ4n) is 4.10. The van der Waals surface area contributed by atoms with Gasteiger partial charge < -0.3 is 14.8 Å². The van der Waals surface area contributed by atoms with E-state index in [1.165, 1.54) is 6.92 Å². The van der Waals surface area contributed by atoms with E-state index in [2.05, 4.69) is 19.2 Å². The molecule has 1 heterocycles. The van der Waals surface area contributed by atoms with Crippen LogP contribution < -0.4 is 14.8 Å². The SMILES string of the molecule is COc1ccc(C(=O)Nc2ccc(-c3c(CC(C)C)nn(-c4cccc(C)c4)c3OC(C)=O)cc2)cc1. The molecule has 0 aliphatic rings. The van der Waals surface area contributed by atoms with Crippen molar-refractivity contribution in [1.29, 1.82) is 0 Å². The second-order valence-electron chi connectivity index (χ2n) is 9.33. The number of ether oxygens (including phenoxy) is 2. The average Bonchev–Trinajstić information content (AvgIpc) is 3.20. The second kappa shape index (κ2) is 11.1. The molecule has 7 heteroatoms. The summed E-state index contributed by atoms with van der Waals surface area (Å²) in [5.74, 6) is 0.766. The molecule has 7 nitrogen and oxygen atoms in total. The van der Waals surface area contributed by atoms with Crippen molar-refractivity contribution in [3.63, 3.8) is 0 Å². The fourth-order valence-corrected chi connectivity index (χ4v) is 4.10. The maximum Gasteiger partial charge on any atom is 0.309 e. The summed E-state index contributed by atoms with van der Waals surface area (Å²) in [6.45, 7) is 7.64. The highest BCUT2D eigenvalue weighted by atomic mass is 16.5. The van der Waals surface area contributed by atoms with Crippen LogP contribution in [0.3, 0.4) is 0 Å². The van der Waals surface area contributed by atoms with Gasteiger partial charge in [-0.05, 0) is 78.9 Å². The summed E-state index contributed by atoms with van der Waals surface area (Å²) in [6, 6.07) is 22.3. The Kier molecular flexibility index (Phi) is 7.72. The number of aromatic nitrogens is 2. The van der Waals surface area contributed by atoms with Crippen molar-refractivity contribution in [3.8, 4) is 28.4 Å². The maximum absolute atomic E-state index is 12.7. The molecule has 0 bridgehead atoms. The van der Waals surface area contributed by atoms with Crippen LogP contribution in [-0.2, 0) is 11.2 Å². The Bertz CT molecular complexity index is 1400. The third-order valence-electron chi connectivity index (χ3n) is 5.79. The van der Waals surface area contributed by atoms with E-state index in [1.807, 2.05) is 55.5 Å². The minimum atomic E-state index is -0.422. The predicted molar refractivity (Wildman–Crippen MR) is 145 cm³/mol. The van der Waals surface area contributed by atoms with Gasteiger partial charge in [-0.15, -0.1) is 0 Å². The van der Waals surface area contributed by atoms with Crippen molar-refractivity contribution in [3.05, 3.63) is 89.6 Å². The van der Waals surface area contributed by atoms with Gasteiger partial charge in [-0.3, -0.25) is 9.59 Å². The van der Waals surface area contributed by atoms with E-state index in [1.54, 1.807) is 36.1 Å². The molecule has 3 aromatic carbocycles. The number of carbonyl (C=O) groups excluding carboxylic acids is 2. The summed E-state index contributed by atoms with van der Waals surface area (Å²) in [4.78, 5) is 24.8. The highest BCUT2D eigenvalue weighted by molar-refractivity contribution is 6.04. The van der Waals surface area contributed by atoms with Crippen molar-refractivity contribution in [1.82, 2.24) is 9.78 Å². The normalized spacial score (nSPS) is 10.9. The quantitative estimate of drug-likeness (QED) is 0.292. The Morgan fingerprint density at radius 3 is 2.30 bits per heavy atom. The highest BCUT2D eigenvalue weighted by Gasteiger charge is 2.24. The van der Waals surface area contributed by atoms with Crippen LogP contribution in [-0.4, -0.2) is 28.8 Å². The minimum absolute atomic E-state index is 0.219. The third-order valence-corrected chi connectivity index (χ3v) is 5.79. The van der Waals surface area contributed by atoms with E-state index in [4.69, 9.17) is 14.6 Å². The standard InChI is InChI=1S/C30H31N3O4/c1-19(2)17-27-28(30(37-21(4)34)33(32-27)25-8-6-7-20(3)18-25)22-9-13-24(14-10-22)31-29(35)23-11-15-26(36-5)16-12-23/h6-16,18-19H,17H2,1-5H3,(H,31,35). The molecule has 37 heavy (non-hydrogen) atoms. The van der Waals surface area contributed by atoms with Crippen molar-refractivity contribution in [2.75, 3.05) is 12.4 Å². The number of amides is 1. The number of hydrogen-bond donors (Lipinski definition) is 1. The molecular formula is C30H31N3O4. The van der Waals surface area contributed by atoms with Crippen LogP contribution >= 0.6 is 0 Å². The van der Waals surface area contributed by atoms with Crippen LogP contribution in [0.4, 0.5) is 5.69 Å². The lowest BCUT2D eigenvalue weighted by atomic mass is 9.99. The van der Waals surface area contributed by atoms with Gasteiger partial charge in [0.2, 0.25) is 5.88 Å². The van der Waals surface area contributed by atoms with Gasteiger partial charge in [-0.25, -0.2) is 0 Å². The number of hydrogen-bond acceptors (Lipinski definition) is 5. The first kappa shape index (κ1) is 25.7. The van der Waals surface area contributed by atoms with Gasteiger partial charge in [0.1, 0.15) is 5.75 Å². The Balaban J connectivity index is 1.71. The molecule has 0 unspecified atom stereocenters. The molecule has 0 radical (unpaired) electrons. The number of nitrogens with one attached hydrogen (secondary N) is 1. The number of aryl methyl sites for hydroxylation is 1. The van der Waals surface area contributed by atoms with Gasteiger partial charge in [0.05, 0.1) is 24.1 Å². The summed E-state index contributed by atoms with van der Waals surface area (Å²) < 4.78 is 12.6. The highest BCUT2D eigenvalue weighted by Crippen LogP contribution is 2.37. The van der Waals surface area contributed by atoms with Gasteiger partial charge >= 0.3 is 5.97 Å². The number of rotatable bonds is 8. The van der Waals surface area contributed by atoms with Crippen LogP contribution in [0.25, 0.3) is 16.8 Å². The molecule has 0 fully saturated rings. The zero-order chi connectivity index (χ0) is 26.5. The second-order valence-corrected chi connectivity index (χ2v) is 9.33. The third kappa shape index (κ3) is 6.06. The van der Waals surface area contributed by atoms with Crippen LogP contribution in [0.1, 0.15) is 42.4 Å². The van der Waals surface area contributed by atoms with Crippen LogP contribution in [0.5, 0.6) is 11.6 Å². The Morgan fingerprint density at radius 2 is 1.70 bits per heavy atom. The van der Waals surface area contributed by atoms with E-state index < -0.39 is 5.97 Å². The lowest BCUT2D eigenvalue weighted by Gasteiger charge is -2.11. The summed E-state index contributed by atoms with van der Waals surface area (Å²) in [5, 5.41) is 7.79. The molecule has 0 saturated carbocycles. The van der Waals surface area contributed by atoms with E-state index >= 15 is 0 Å². The number of benzene rings is 3. The lowest BCUT2D eigenvalue weighted by molar-refractivity contribution is -0.132. The molecular weight excluding hydrogens is 466 g/mol. The number of anilines is 1. The smallest absolute Gasteiger partial charge is 0.309 e. The van der Waals surface area contributed by atoms with Gasteiger partial charge in [-0.2, -0.15) is 9.78 Å². The van der Waals surface area contributed by atoms with Crippen molar-refractivity contribution in [2.45, 2.75) is 34.1 Å². The monoisotopic (exact) mass is 497 g/mol. The molecule has 0 spiro atoms. The zero-order valence-electron chi connectivity index (χ0n) is 21.7. The lowest BCUT2D eigenvalue weighted by Crippen LogP contribution is -2.11. The molecule has 1 N–H and O–H groups in total. The van der Waals surface area contributed by atoms with Crippen LogP contribution in [0.15, 0.2) is 72.8 Å². The molecule has 0 aliphatic carbocycles. The number of carbonyl (C=O) groups is 2. The summed E-state index contributed by atoms with van der Waals surface area (Å²) in [6.07, 6.45) is 0.707. The van der Waals surface area contributed by atoms with Gasteiger partial charge in [0, 0.05) is 18.2 Å². The zero-order valence-corrected chi connectivity index (χ0v) is 21.7. The first-order valence-corrected chi connectivity index (χ1v) is 12.2. The Hall–Kier alpha value is -4.39. The Morgan fingerprint density at radius 1 is 1.00 bits per heavy atom. The predicted octanol–water partition coefficient (Wildman–Crippen LogP) is 6.23. The maximum atomic E-state index is 12.7. The van der Waals surface area contributed by atoms with Gasteiger partial charge in [0.15, 0.2) is 0 Å². The average molecular weight is 498 g/mol. The first-order chi connectivity index (χ1) is 17.7. The molecule has 190 valence electrons. The molecule has 4 rings (SSSR count). The fraction of sp³-hybridized carbons (Fsp3) is 0.233. The summed E-state index contributed by atoms with van der Waals surface area (Å²) in [5.41, 5.74) is 5.51. The first-order valence-electron chi connectivity index (χ1n) is 12.2. The van der Waals surface area contributed by atoms with Crippen LogP contribution in [0, 0.1) is 12.8 Å². The Labute approximate surface area is 217 Å². The summed E-state index contributed by atoms with van der Waals surface area (Å²) >= 11 is 0. The number of esters is 1. The number of nitrogens with zero attached hydrogens (tertiary/aromatic N) is 2. The minimum Gasteiger partial charge on any atom is -0.497 e. The van der Waals surface area contributed by atoms with E-state index in [9.17, 15) is 9.59 Å². The topological polar surface area (TPSA) is 82.4 Å². The summed E-state index contributed by atoms with van der Waals surface area (Å²) in [7, 11) is 1.58. The van der Waals surface area contributed by atoms with Gasteiger partial charge in [-0.1, -0.05) is 38.1 Å². The van der Waals surface area contributed by atoms with Crippen molar-refractivity contribution in [2.24, 2.45) is 5.92 Å². The van der Waals surface area contributed by atoms with E-state index in [0.29, 0.717) is 35.2 Å². The van der Waals surface area contributed by atoms with E-state index in [0.717, 1.165) is 28.1 Å². The largest absolute Gasteiger partial charge is 0.497 e. The molecule has 0 aliphatic heterocycles. The molecule has 4 aromatic rings.